The van der Waals surface area contributed by atoms with Crippen molar-refractivity contribution >= 4 is 65.5 Å². The summed E-state index contributed by atoms with van der Waals surface area (Å²) in [6, 6.07) is 4.14. The highest BCUT2D eigenvalue weighted by molar-refractivity contribution is 7.92. The number of thiazole rings is 1. The number of aryl methyl sites for hydroxylation is 1. The van der Waals surface area contributed by atoms with Gasteiger partial charge in [-0.3, -0.25) is 9.59 Å². The lowest BCUT2D eigenvalue weighted by atomic mass is 10.1. The fourth-order valence-electron chi connectivity index (χ4n) is 4.42. The molecular formula is C25H28FN3O7S3. The first-order valence-electron chi connectivity index (χ1n) is 12.2. The molecule has 0 radical (unpaired) electrons. The lowest BCUT2D eigenvalue weighted by molar-refractivity contribution is -0.115. The number of nitrogens with zero attached hydrogens (tertiary/aromatic N) is 2. The number of hydrogen-bond acceptors (Lipinski definition) is 9. The third kappa shape index (κ3) is 6.99. The summed E-state index contributed by atoms with van der Waals surface area (Å²) in [6.07, 6.45) is 4.34. The molecule has 1 aromatic carbocycles. The van der Waals surface area contributed by atoms with Crippen molar-refractivity contribution in [2.75, 3.05) is 37.6 Å². The molecule has 0 saturated carbocycles. The van der Waals surface area contributed by atoms with Gasteiger partial charge in [0.2, 0.25) is 5.91 Å². The van der Waals surface area contributed by atoms with Gasteiger partial charge in [0.25, 0.3) is 5.91 Å². The van der Waals surface area contributed by atoms with E-state index >= 15 is 0 Å². The number of methoxy groups -OCH3 is 2. The van der Waals surface area contributed by atoms with Crippen molar-refractivity contribution in [2.45, 2.75) is 38.6 Å². The van der Waals surface area contributed by atoms with Gasteiger partial charge in [-0.25, -0.2) is 17.6 Å². The predicted molar refractivity (Wildman–Crippen MR) is 146 cm³/mol. The maximum Gasteiger partial charge on any atom is 0.341 e. The van der Waals surface area contributed by atoms with Crippen LogP contribution in [0.4, 0.5) is 9.39 Å². The Morgan fingerprint density at radius 1 is 1.10 bits per heavy atom. The maximum absolute atomic E-state index is 13.7. The molecule has 0 saturated heterocycles. The molecule has 39 heavy (non-hydrogen) atoms. The van der Waals surface area contributed by atoms with Crippen molar-refractivity contribution < 1.29 is 36.7 Å². The van der Waals surface area contributed by atoms with E-state index in [9.17, 15) is 27.2 Å². The number of fused-ring (bicyclic) bond motifs is 2. The van der Waals surface area contributed by atoms with Crippen molar-refractivity contribution in [3.8, 4) is 0 Å². The van der Waals surface area contributed by atoms with Gasteiger partial charge in [-0.05, 0) is 49.4 Å². The Morgan fingerprint density at radius 3 is 2.62 bits per heavy atom. The zero-order valence-electron chi connectivity index (χ0n) is 21.5. The Kier molecular flexibility index (Phi) is 9.31. The molecule has 14 heteroatoms. The minimum atomic E-state index is -4.19. The Bertz CT molecular complexity index is 1590. The Hall–Kier alpha value is -2.94. The zero-order valence-corrected chi connectivity index (χ0v) is 23.9. The third-order valence-corrected chi connectivity index (χ3v) is 9.78. The van der Waals surface area contributed by atoms with Crippen molar-refractivity contribution in [3.05, 3.63) is 44.8 Å². The number of carbonyl (C=O) groups excluding carboxylic acids is 3. The van der Waals surface area contributed by atoms with Crippen LogP contribution < -0.4 is 10.1 Å². The van der Waals surface area contributed by atoms with Crippen LogP contribution in [0.2, 0.25) is 0 Å². The number of aromatic nitrogens is 1. The summed E-state index contributed by atoms with van der Waals surface area (Å²) in [7, 11) is -1.43. The number of anilines is 1. The summed E-state index contributed by atoms with van der Waals surface area (Å²) < 4.78 is 51.3. The van der Waals surface area contributed by atoms with Crippen LogP contribution >= 0.6 is 22.7 Å². The lowest BCUT2D eigenvalue weighted by Gasteiger charge is -2.08. The van der Waals surface area contributed by atoms with Gasteiger partial charge in [0.15, 0.2) is 14.6 Å². The molecule has 0 aliphatic heterocycles. The van der Waals surface area contributed by atoms with Crippen LogP contribution in [0.15, 0.2) is 23.2 Å². The van der Waals surface area contributed by atoms with Crippen LogP contribution in [-0.2, 0) is 48.3 Å². The minimum absolute atomic E-state index is 0.195. The van der Waals surface area contributed by atoms with E-state index < -0.39 is 44.9 Å². The lowest BCUT2D eigenvalue weighted by Crippen LogP contribution is -2.28. The number of ether oxygens (including phenoxy) is 2. The second-order valence-electron chi connectivity index (χ2n) is 8.99. The molecule has 1 aliphatic rings. The first-order valence-corrected chi connectivity index (χ1v) is 15.7. The number of sulfone groups is 1. The monoisotopic (exact) mass is 597 g/mol. The molecule has 1 aliphatic carbocycles. The summed E-state index contributed by atoms with van der Waals surface area (Å²) in [5.74, 6) is -4.81. The molecule has 210 valence electrons. The Balaban J connectivity index is 1.51. The summed E-state index contributed by atoms with van der Waals surface area (Å²) in [5, 5.41) is 2.80. The van der Waals surface area contributed by atoms with Crippen LogP contribution in [0.3, 0.4) is 0 Å². The van der Waals surface area contributed by atoms with Gasteiger partial charge >= 0.3 is 5.97 Å². The van der Waals surface area contributed by atoms with Crippen molar-refractivity contribution in [3.63, 3.8) is 0 Å². The first kappa shape index (κ1) is 29.1. The standard InChI is InChI=1S/C25H28FN3O7S3/c1-35-11-10-29-17-9-8-15(26)12-19(17)38-25(29)28-21(31)14-39(33,34)13-20(30)27-23-22(24(32)36-2)16-6-4-3-5-7-18(16)37-23/h8-9,12H,3-7,10-11,13-14H2,1-2H3,(H,27,30). The van der Waals surface area contributed by atoms with E-state index in [4.69, 9.17) is 9.47 Å². The average molecular weight is 598 g/mol. The van der Waals surface area contributed by atoms with Crippen molar-refractivity contribution in [1.82, 2.24) is 4.57 Å². The molecule has 3 aromatic rings. The van der Waals surface area contributed by atoms with Crippen LogP contribution in [0, 0.1) is 5.82 Å². The fourth-order valence-corrected chi connectivity index (χ4v) is 7.83. The number of thiophene rings is 1. The fraction of sp³-hybridized carbons (Fsp3) is 0.440. The summed E-state index contributed by atoms with van der Waals surface area (Å²) >= 11 is 2.29. The number of carbonyl (C=O) groups is 3. The quantitative estimate of drug-likeness (QED) is 0.296. The molecule has 10 nitrogen and oxygen atoms in total. The van der Waals surface area contributed by atoms with Gasteiger partial charge in [0.1, 0.15) is 22.3 Å². The van der Waals surface area contributed by atoms with Gasteiger partial charge in [-0.1, -0.05) is 17.8 Å². The number of rotatable bonds is 9. The van der Waals surface area contributed by atoms with E-state index in [1.807, 2.05) is 0 Å². The second kappa shape index (κ2) is 12.5. The highest BCUT2D eigenvalue weighted by Crippen LogP contribution is 2.38. The van der Waals surface area contributed by atoms with E-state index in [-0.39, 0.29) is 15.4 Å². The molecule has 1 N–H and O–H groups in total. The number of hydrogen-bond donors (Lipinski definition) is 1. The SMILES string of the molecule is COCCn1c(=NC(=O)CS(=O)(=O)CC(=O)Nc2sc3c(c2C(=O)OC)CCCCC3)sc2cc(F)ccc21. The molecule has 4 rings (SSSR count). The van der Waals surface area contributed by atoms with Gasteiger partial charge < -0.3 is 19.4 Å². The molecule has 2 aromatic heterocycles. The van der Waals surface area contributed by atoms with Crippen molar-refractivity contribution in [2.24, 2.45) is 4.99 Å². The molecule has 0 spiro atoms. The Morgan fingerprint density at radius 2 is 1.87 bits per heavy atom. The van der Waals surface area contributed by atoms with Gasteiger partial charge in [0.05, 0.1) is 29.5 Å². The van der Waals surface area contributed by atoms with Crippen molar-refractivity contribution in [1.29, 1.82) is 0 Å². The molecule has 0 bridgehead atoms. The van der Waals surface area contributed by atoms with Gasteiger partial charge in [-0.15, -0.1) is 11.3 Å². The molecule has 0 atom stereocenters. The average Bonchev–Trinajstić information content (AvgIpc) is 3.27. The highest BCUT2D eigenvalue weighted by atomic mass is 32.2. The second-order valence-corrected chi connectivity index (χ2v) is 13.2. The van der Waals surface area contributed by atoms with Crippen LogP contribution in [0.25, 0.3) is 10.2 Å². The summed E-state index contributed by atoms with van der Waals surface area (Å²) in [5.41, 5.74) is 1.72. The summed E-state index contributed by atoms with van der Waals surface area (Å²) in [4.78, 5) is 42.9. The Labute approximate surface area is 232 Å². The van der Waals surface area contributed by atoms with Crippen LogP contribution in [0.5, 0.6) is 0 Å². The van der Waals surface area contributed by atoms with E-state index in [2.05, 4.69) is 10.3 Å². The first-order chi connectivity index (χ1) is 18.6. The summed E-state index contributed by atoms with van der Waals surface area (Å²) in [6.45, 7) is 0.611. The zero-order chi connectivity index (χ0) is 28.2. The number of amides is 2. The van der Waals surface area contributed by atoms with E-state index in [0.29, 0.717) is 29.8 Å². The molecule has 0 fully saturated rings. The van der Waals surface area contributed by atoms with E-state index in [0.717, 1.165) is 47.5 Å². The van der Waals surface area contributed by atoms with Gasteiger partial charge in [0, 0.05) is 18.5 Å². The normalized spacial score (nSPS) is 14.2. The van der Waals surface area contributed by atoms with Gasteiger partial charge in [-0.2, -0.15) is 4.99 Å². The highest BCUT2D eigenvalue weighted by Gasteiger charge is 2.28. The largest absolute Gasteiger partial charge is 0.465 e. The molecule has 0 unspecified atom stereocenters. The number of nitrogens with one attached hydrogen (secondary N) is 1. The van der Waals surface area contributed by atoms with Crippen LogP contribution in [-0.4, -0.2) is 63.1 Å². The van der Waals surface area contributed by atoms with E-state index in [1.165, 1.54) is 37.7 Å². The minimum Gasteiger partial charge on any atom is -0.465 e. The van der Waals surface area contributed by atoms with Crippen LogP contribution in [0.1, 0.15) is 40.1 Å². The number of esters is 1. The number of halogens is 1. The molecule has 2 amide bonds. The number of benzene rings is 1. The topological polar surface area (TPSA) is 133 Å². The van der Waals surface area contributed by atoms with E-state index in [1.54, 1.807) is 10.6 Å². The molecular weight excluding hydrogens is 569 g/mol. The smallest absolute Gasteiger partial charge is 0.341 e. The maximum atomic E-state index is 13.7. The predicted octanol–water partition coefficient (Wildman–Crippen LogP) is 3.09. The molecule has 2 heterocycles. The third-order valence-electron chi connectivity index (χ3n) is 6.14.